The van der Waals surface area contributed by atoms with Crippen LogP contribution in [0.5, 0.6) is 0 Å². The summed E-state index contributed by atoms with van der Waals surface area (Å²) < 4.78 is 0. The van der Waals surface area contributed by atoms with Crippen LogP contribution in [0.15, 0.2) is 18.2 Å². The van der Waals surface area contributed by atoms with E-state index in [-0.39, 0.29) is 5.91 Å². The molecule has 0 aromatic heterocycles. The molecule has 0 aliphatic rings. The van der Waals surface area contributed by atoms with Gasteiger partial charge in [0, 0.05) is 13.0 Å². The van der Waals surface area contributed by atoms with Crippen molar-refractivity contribution < 1.29 is 4.79 Å². The first-order valence-corrected chi connectivity index (χ1v) is 3.45. The Kier molecular flexibility index (Phi) is 2.26. The Hall–Kier alpha value is -1.31. The van der Waals surface area contributed by atoms with E-state index in [0.717, 1.165) is 11.3 Å². The van der Waals surface area contributed by atoms with Crippen molar-refractivity contribution in [3.05, 3.63) is 29.8 Å². The third-order valence-electron chi connectivity index (χ3n) is 1.37. The topological polar surface area (TPSA) is 29.1 Å². The van der Waals surface area contributed by atoms with Gasteiger partial charge < -0.3 is 5.32 Å². The number of carbonyl (C=O) groups excluding carboxylic acids is 1. The van der Waals surface area contributed by atoms with Crippen LogP contribution in [-0.4, -0.2) is 5.91 Å². The highest BCUT2D eigenvalue weighted by atomic mass is 16.1. The second-order valence-corrected chi connectivity index (χ2v) is 2.41. The molecule has 0 atom stereocenters. The van der Waals surface area contributed by atoms with Gasteiger partial charge in [-0.15, -0.1) is 0 Å². The van der Waals surface area contributed by atoms with Gasteiger partial charge in [0.2, 0.25) is 5.91 Å². The van der Waals surface area contributed by atoms with Gasteiger partial charge in [0.05, 0.1) is 5.69 Å². The van der Waals surface area contributed by atoms with Crippen molar-refractivity contribution in [2.75, 3.05) is 5.32 Å². The molecule has 0 aliphatic heterocycles. The highest BCUT2D eigenvalue weighted by Crippen LogP contribution is 2.11. The van der Waals surface area contributed by atoms with Crippen LogP contribution >= 0.6 is 0 Å². The summed E-state index contributed by atoms with van der Waals surface area (Å²) in [4.78, 5) is 10.6. The van der Waals surface area contributed by atoms with E-state index in [0.29, 0.717) is 0 Å². The number of para-hydroxylation sites is 1. The Morgan fingerprint density at radius 3 is 2.91 bits per heavy atom. The van der Waals surface area contributed by atoms with E-state index in [1.54, 1.807) is 6.07 Å². The van der Waals surface area contributed by atoms with Crippen LogP contribution in [0.1, 0.15) is 12.5 Å². The predicted molar refractivity (Wildman–Crippen MR) is 44.3 cm³/mol. The Morgan fingerprint density at radius 2 is 2.36 bits per heavy atom. The minimum absolute atomic E-state index is 0.0597. The van der Waals surface area contributed by atoms with E-state index in [9.17, 15) is 4.79 Å². The molecule has 1 radical (unpaired) electrons. The number of hydrogen-bond acceptors (Lipinski definition) is 1. The average molecular weight is 148 g/mol. The third-order valence-corrected chi connectivity index (χ3v) is 1.37. The normalized spacial score (nSPS) is 9.27. The zero-order valence-corrected chi connectivity index (χ0v) is 6.64. The molecule has 57 valence electrons. The summed E-state index contributed by atoms with van der Waals surface area (Å²) in [7, 11) is 0. The molecule has 1 aromatic carbocycles. The lowest BCUT2D eigenvalue weighted by Crippen LogP contribution is -2.06. The van der Waals surface area contributed by atoms with Crippen molar-refractivity contribution in [1.82, 2.24) is 0 Å². The number of carbonyl (C=O) groups is 1. The molecule has 0 saturated heterocycles. The van der Waals surface area contributed by atoms with E-state index in [2.05, 4.69) is 11.4 Å². The van der Waals surface area contributed by atoms with Crippen LogP contribution in [0.2, 0.25) is 0 Å². The lowest BCUT2D eigenvalue weighted by Gasteiger charge is -2.03. The number of rotatable bonds is 1. The summed E-state index contributed by atoms with van der Waals surface area (Å²) in [5.74, 6) is -0.0597. The first kappa shape index (κ1) is 7.79. The zero-order chi connectivity index (χ0) is 8.27. The second kappa shape index (κ2) is 3.19. The fourth-order valence-corrected chi connectivity index (χ4v) is 0.832. The van der Waals surface area contributed by atoms with Gasteiger partial charge in [0.25, 0.3) is 0 Å². The van der Waals surface area contributed by atoms with Crippen molar-refractivity contribution in [2.45, 2.75) is 13.8 Å². The van der Waals surface area contributed by atoms with Gasteiger partial charge >= 0.3 is 0 Å². The summed E-state index contributed by atoms with van der Waals surface area (Å²) in [6.45, 7) is 3.42. The fourth-order valence-electron chi connectivity index (χ4n) is 0.832. The predicted octanol–water partition coefficient (Wildman–Crippen LogP) is 1.75. The molecule has 0 aliphatic carbocycles. The molecule has 2 heteroatoms. The average Bonchev–Trinajstić information content (AvgIpc) is 1.93. The number of benzene rings is 1. The number of hydrogen-bond donors (Lipinski definition) is 1. The molecule has 0 bridgehead atoms. The summed E-state index contributed by atoms with van der Waals surface area (Å²) in [5.41, 5.74) is 1.79. The van der Waals surface area contributed by atoms with Gasteiger partial charge in [-0.2, -0.15) is 0 Å². The summed E-state index contributed by atoms with van der Waals surface area (Å²) >= 11 is 0. The van der Waals surface area contributed by atoms with Crippen molar-refractivity contribution in [3.63, 3.8) is 0 Å². The smallest absolute Gasteiger partial charge is 0.221 e. The van der Waals surface area contributed by atoms with E-state index < -0.39 is 0 Å². The monoisotopic (exact) mass is 148 g/mol. The molecule has 0 saturated carbocycles. The molecule has 1 aromatic rings. The maximum Gasteiger partial charge on any atom is 0.221 e. The Morgan fingerprint density at radius 1 is 1.64 bits per heavy atom. The minimum atomic E-state index is -0.0597. The van der Waals surface area contributed by atoms with Crippen LogP contribution in [0.25, 0.3) is 0 Å². The lowest BCUT2D eigenvalue weighted by atomic mass is 10.2. The fraction of sp³-hybridized carbons (Fsp3) is 0.222. The van der Waals surface area contributed by atoms with Crippen LogP contribution < -0.4 is 5.32 Å². The van der Waals surface area contributed by atoms with Crippen molar-refractivity contribution in [3.8, 4) is 0 Å². The number of anilines is 1. The zero-order valence-electron chi connectivity index (χ0n) is 6.64. The highest BCUT2D eigenvalue weighted by Gasteiger charge is 1.96. The van der Waals surface area contributed by atoms with Crippen LogP contribution in [0.4, 0.5) is 5.69 Å². The second-order valence-electron chi connectivity index (χ2n) is 2.41. The molecular weight excluding hydrogens is 138 g/mol. The van der Waals surface area contributed by atoms with E-state index in [4.69, 9.17) is 0 Å². The largest absolute Gasteiger partial charge is 0.326 e. The van der Waals surface area contributed by atoms with Crippen molar-refractivity contribution >= 4 is 11.6 Å². The summed E-state index contributed by atoms with van der Waals surface area (Å²) in [5, 5.41) is 2.68. The first-order valence-electron chi connectivity index (χ1n) is 3.45. The highest BCUT2D eigenvalue weighted by molar-refractivity contribution is 5.89. The SMILES string of the molecule is CC(=O)Nc1[c]cccc1C. The molecule has 1 rings (SSSR count). The van der Waals surface area contributed by atoms with Gasteiger partial charge in [0.1, 0.15) is 0 Å². The summed E-state index contributed by atoms with van der Waals surface area (Å²) in [6.07, 6.45) is 0. The Bertz CT molecular complexity index is 268. The maximum atomic E-state index is 10.6. The Labute approximate surface area is 66.2 Å². The van der Waals surface area contributed by atoms with Crippen molar-refractivity contribution in [2.24, 2.45) is 0 Å². The molecule has 0 fully saturated rings. The standard InChI is InChI=1S/C9H10NO/c1-7-5-3-4-6-9(7)10-8(2)11/h3-5H,1-2H3,(H,10,11). The van der Waals surface area contributed by atoms with Gasteiger partial charge in [-0.3, -0.25) is 4.79 Å². The molecule has 0 spiro atoms. The van der Waals surface area contributed by atoms with E-state index in [1.165, 1.54) is 6.92 Å². The lowest BCUT2D eigenvalue weighted by molar-refractivity contribution is -0.114. The van der Waals surface area contributed by atoms with Gasteiger partial charge in [-0.05, 0) is 12.5 Å². The van der Waals surface area contributed by atoms with Crippen molar-refractivity contribution in [1.29, 1.82) is 0 Å². The summed E-state index contributed by atoms with van der Waals surface area (Å²) in [6, 6.07) is 8.53. The van der Waals surface area contributed by atoms with Crippen LogP contribution in [-0.2, 0) is 4.79 Å². The first-order chi connectivity index (χ1) is 5.20. The van der Waals surface area contributed by atoms with Gasteiger partial charge in [-0.25, -0.2) is 0 Å². The maximum absolute atomic E-state index is 10.6. The third kappa shape index (κ3) is 2.08. The van der Waals surface area contributed by atoms with Gasteiger partial charge in [-0.1, -0.05) is 18.2 Å². The number of nitrogens with one attached hydrogen (secondary N) is 1. The molecular formula is C9H10NO. The van der Waals surface area contributed by atoms with E-state index in [1.807, 2.05) is 19.1 Å². The van der Waals surface area contributed by atoms with Gasteiger partial charge in [0.15, 0.2) is 0 Å². The van der Waals surface area contributed by atoms with Crippen LogP contribution in [0.3, 0.4) is 0 Å². The van der Waals surface area contributed by atoms with E-state index >= 15 is 0 Å². The molecule has 1 N–H and O–H groups in total. The van der Waals surface area contributed by atoms with Crippen LogP contribution in [0, 0.1) is 13.0 Å². The Balaban J connectivity index is 2.86. The molecule has 1 amide bonds. The molecule has 2 nitrogen and oxygen atoms in total. The number of amides is 1. The minimum Gasteiger partial charge on any atom is -0.326 e. The quantitative estimate of drug-likeness (QED) is 0.646. The molecule has 0 heterocycles. The molecule has 11 heavy (non-hydrogen) atoms. The number of aryl methyl sites for hydroxylation is 1. The molecule has 0 unspecified atom stereocenters.